The van der Waals surface area contributed by atoms with E-state index < -0.39 is 12.0 Å². The van der Waals surface area contributed by atoms with Gasteiger partial charge in [0.15, 0.2) is 0 Å². The number of carbonyl (C=O) groups excluding carboxylic acids is 1. The summed E-state index contributed by atoms with van der Waals surface area (Å²) in [5.41, 5.74) is 5.82. The SMILES string of the molecule is CCCC[C@@H](C)[C@@H](C)[C@H](CNC(=O)[C@@H](N)C(C)C)CC(=O)O. The van der Waals surface area contributed by atoms with E-state index in [0.717, 1.165) is 19.3 Å². The van der Waals surface area contributed by atoms with Crippen LogP contribution < -0.4 is 11.1 Å². The smallest absolute Gasteiger partial charge is 0.303 e. The van der Waals surface area contributed by atoms with Gasteiger partial charge in [0.05, 0.1) is 12.5 Å². The number of hydrogen-bond donors (Lipinski definition) is 3. The molecule has 0 unspecified atom stereocenters. The van der Waals surface area contributed by atoms with E-state index >= 15 is 0 Å². The molecule has 0 aromatic carbocycles. The van der Waals surface area contributed by atoms with Crippen LogP contribution in [0.15, 0.2) is 0 Å². The monoisotopic (exact) mass is 314 g/mol. The van der Waals surface area contributed by atoms with Crippen LogP contribution in [0, 0.1) is 23.7 Å². The maximum absolute atomic E-state index is 12.0. The molecule has 0 aliphatic rings. The molecule has 0 saturated heterocycles. The summed E-state index contributed by atoms with van der Waals surface area (Å²) in [5.74, 6) is -0.314. The first-order valence-corrected chi connectivity index (χ1v) is 8.45. The molecule has 0 aliphatic carbocycles. The van der Waals surface area contributed by atoms with Crippen LogP contribution in [0.25, 0.3) is 0 Å². The number of nitrogens with two attached hydrogens (primary N) is 1. The third-order valence-electron chi connectivity index (χ3n) is 4.65. The van der Waals surface area contributed by atoms with Crippen LogP contribution in [0.3, 0.4) is 0 Å². The highest BCUT2D eigenvalue weighted by Crippen LogP contribution is 2.27. The van der Waals surface area contributed by atoms with Gasteiger partial charge in [-0.2, -0.15) is 0 Å². The predicted octanol–water partition coefficient (Wildman–Crippen LogP) is 2.64. The zero-order valence-electron chi connectivity index (χ0n) is 14.8. The molecule has 0 saturated carbocycles. The Hall–Kier alpha value is -1.10. The zero-order chi connectivity index (χ0) is 17.3. The summed E-state index contributed by atoms with van der Waals surface area (Å²) in [4.78, 5) is 23.1. The zero-order valence-corrected chi connectivity index (χ0v) is 14.8. The molecule has 0 aliphatic heterocycles. The molecule has 0 heterocycles. The quantitative estimate of drug-likeness (QED) is 0.546. The third kappa shape index (κ3) is 7.78. The van der Waals surface area contributed by atoms with Gasteiger partial charge in [0.25, 0.3) is 0 Å². The summed E-state index contributed by atoms with van der Waals surface area (Å²) in [5, 5.41) is 11.9. The van der Waals surface area contributed by atoms with Gasteiger partial charge in [-0.05, 0) is 23.7 Å². The first-order chi connectivity index (χ1) is 10.2. The highest BCUT2D eigenvalue weighted by Gasteiger charge is 2.26. The van der Waals surface area contributed by atoms with Crippen LogP contribution in [0.1, 0.15) is 60.3 Å². The molecular weight excluding hydrogens is 280 g/mol. The van der Waals surface area contributed by atoms with E-state index in [1.54, 1.807) is 0 Å². The van der Waals surface area contributed by atoms with Gasteiger partial charge < -0.3 is 16.2 Å². The van der Waals surface area contributed by atoms with Crippen LogP contribution in [0.5, 0.6) is 0 Å². The minimum absolute atomic E-state index is 0.0623. The van der Waals surface area contributed by atoms with Crippen LogP contribution in [0.4, 0.5) is 0 Å². The molecule has 0 spiro atoms. The molecule has 4 N–H and O–H groups in total. The number of nitrogens with one attached hydrogen (secondary N) is 1. The van der Waals surface area contributed by atoms with Crippen LogP contribution in [-0.2, 0) is 9.59 Å². The highest BCUT2D eigenvalue weighted by molar-refractivity contribution is 5.81. The molecule has 1 amide bonds. The summed E-state index contributed by atoms with van der Waals surface area (Å²) in [6.45, 7) is 10.6. The van der Waals surface area contributed by atoms with Gasteiger partial charge in [0, 0.05) is 6.54 Å². The van der Waals surface area contributed by atoms with Crippen molar-refractivity contribution in [3.63, 3.8) is 0 Å². The predicted molar refractivity (Wildman–Crippen MR) is 89.4 cm³/mol. The summed E-state index contributed by atoms with van der Waals surface area (Å²) in [7, 11) is 0. The van der Waals surface area contributed by atoms with Crippen LogP contribution in [0.2, 0.25) is 0 Å². The molecule has 5 nitrogen and oxygen atoms in total. The molecule has 5 heteroatoms. The Labute approximate surface area is 135 Å². The number of amides is 1. The Morgan fingerprint density at radius 3 is 2.23 bits per heavy atom. The standard InChI is InChI=1S/C17H34N2O3/c1-6-7-8-12(4)13(5)14(9-15(20)21)10-19-17(22)16(18)11(2)3/h11-14,16H,6-10,18H2,1-5H3,(H,19,22)(H,20,21)/t12-,13-,14+,16+/m1/s1. The van der Waals surface area contributed by atoms with Crippen LogP contribution >= 0.6 is 0 Å². The molecule has 0 bridgehead atoms. The molecule has 22 heavy (non-hydrogen) atoms. The number of carbonyl (C=O) groups is 2. The second-order valence-corrected chi connectivity index (χ2v) is 6.85. The fraction of sp³-hybridized carbons (Fsp3) is 0.882. The Balaban J connectivity index is 4.63. The van der Waals surface area contributed by atoms with E-state index in [-0.39, 0.29) is 30.1 Å². The minimum atomic E-state index is -0.818. The average molecular weight is 314 g/mol. The van der Waals surface area contributed by atoms with E-state index in [1.165, 1.54) is 0 Å². The molecule has 130 valence electrons. The lowest BCUT2D eigenvalue weighted by Gasteiger charge is -2.29. The van der Waals surface area contributed by atoms with Crippen molar-refractivity contribution in [2.24, 2.45) is 29.4 Å². The van der Waals surface area contributed by atoms with Crippen LogP contribution in [-0.4, -0.2) is 29.6 Å². The summed E-state index contributed by atoms with van der Waals surface area (Å²) in [6, 6.07) is -0.543. The van der Waals surface area contributed by atoms with Gasteiger partial charge in [-0.1, -0.05) is 53.9 Å². The summed E-state index contributed by atoms with van der Waals surface area (Å²) in [6.07, 6.45) is 3.46. The molecule has 0 radical (unpaired) electrons. The Morgan fingerprint density at radius 2 is 1.77 bits per heavy atom. The van der Waals surface area contributed by atoms with Crippen molar-refractivity contribution in [3.8, 4) is 0 Å². The maximum Gasteiger partial charge on any atom is 0.303 e. The lowest BCUT2D eigenvalue weighted by atomic mass is 9.79. The van der Waals surface area contributed by atoms with Crippen molar-refractivity contribution in [1.29, 1.82) is 0 Å². The Bertz CT molecular complexity index is 345. The lowest BCUT2D eigenvalue weighted by Crippen LogP contribution is -2.46. The Morgan fingerprint density at radius 1 is 1.18 bits per heavy atom. The normalized spacial score (nSPS) is 16.9. The number of aliphatic carboxylic acids is 1. The van der Waals surface area contributed by atoms with Gasteiger partial charge in [0.1, 0.15) is 0 Å². The summed E-state index contributed by atoms with van der Waals surface area (Å²) < 4.78 is 0. The van der Waals surface area contributed by atoms with Crippen molar-refractivity contribution in [2.75, 3.05) is 6.54 Å². The van der Waals surface area contributed by atoms with Crippen molar-refractivity contribution >= 4 is 11.9 Å². The number of carboxylic acid groups (broad SMARTS) is 1. The Kier molecular flexibility index (Phi) is 10.1. The molecule has 0 fully saturated rings. The van der Waals surface area contributed by atoms with Gasteiger partial charge in [-0.25, -0.2) is 0 Å². The maximum atomic E-state index is 12.0. The van der Waals surface area contributed by atoms with Gasteiger partial charge in [-0.3, -0.25) is 9.59 Å². The van der Waals surface area contributed by atoms with E-state index in [4.69, 9.17) is 10.8 Å². The lowest BCUT2D eigenvalue weighted by molar-refractivity contribution is -0.139. The molecule has 0 aromatic rings. The fourth-order valence-electron chi connectivity index (χ4n) is 2.57. The number of rotatable bonds is 11. The van der Waals surface area contributed by atoms with Gasteiger partial charge >= 0.3 is 5.97 Å². The topological polar surface area (TPSA) is 92.4 Å². The van der Waals surface area contributed by atoms with Crippen molar-refractivity contribution < 1.29 is 14.7 Å². The van der Waals surface area contributed by atoms with Gasteiger partial charge in [-0.15, -0.1) is 0 Å². The second kappa shape index (κ2) is 10.6. The largest absolute Gasteiger partial charge is 0.481 e. The minimum Gasteiger partial charge on any atom is -0.481 e. The highest BCUT2D eigenvalue weighted by atomic mass is 16.4. The molecule has 0 aromatic heterocycles. The average Bonchev–Trinajstić information content (AvgIpc) is 2.46. The number of carboxylic acids is 1. The van der Waals surface area contributed by atoms with Gasteiger partial charge in [0.2, 0.25) is 5.91 Å². The van der Waals surface area contributed by atoms with E-state index in [0.29, 0.717) is 12.5 Å². The summed E-state index contributed by atoms with van der Waals surface area (Å²) >= 11 is 0. The van der Waals surface area contributed by atoms with E-state index in [2.05, 4.69) is 26.1 Å². The molecule has 0 rings (SSSR count). The van der Waals surface area contributed by atoms with Crippen molar-refractivity contribution in [3.05, 3.63) is 0 Å². The van der Waals surface area contributed by atoms with E-state index in [9.17, 15) is 9.59 Å². The number of hydrogen-bond acceptors (Lipinski definition) is 3. The third-order valence-corrected chi connectivity index (χ3v) is 4.65. The second-order valence-electron chi connectivity index (χ2n) is 6.85. The first-order valence-electron chi connectivity index (χ1n) is 8.45. The molecular formula is C17H34N2O3. The fourth-order valence-corrected chi connectivity index (χ4v) is 2.57. The van der Waals surface area contributed by atoms with Crippen molar-refractivity contribution in [2.45, 2.75) is 66.3 Å². The first kappa shape index (κ1) is 20.9. The molecule has 4 atom stereocenters. The van der Waals surface area contributed by atoms with Crippen molar-refractivity contribution in [1.82, 2.24) is 5.32 Å². The van der Waals surface area contributed by atoms with E-state index in [1.807, 2.05) is 13.8 Å². The number of unbranched alkanes of at least 4 members (excludes halogenated alkanes) is 1.